The summed E-state index contributed by atoms with van der Waals surface area (Å²) in [4.78, 5) is 9.55. The summed E-state index contributed by atoms with van der Waals surface area (Å²) in [6.45, 7) is 13.1. The van der Waals surface area contributed by atoms with Crippen molar-refractivity contribution in [2.45, 2.75) is 83.4 Å². The van der Waals surface area contributed by atoms with Crippen molar-refractivity contribution >= 4 is 51.2 Å². The molecule has 0 radical (unpaired) electrons. The van der Waals surface area contributed by atoms with Crippen LogP contribution in [0.4, 0.5) is 51.2 Å². The Kier molecular flexibility index (Phi) is 17.3. The van der Waals surface area contributed by atoms with Gasteiger partial charge in [0.2, 0.25) is 0 Å². The van der Waals surface area contributed by atoms with Gasteiger partial charge in [-0.1, -0.05) is 24.3 Å². The van der Waals surface area contributed by atoms with Gasteiger partial charge in [-0.25, -0.2) is 0 Å². The summed E-state index contributed by atoms with van der Waals surface area (Å²) in [6, 6.07) is 69.5. The fourth-order valence-corrected chi connectivity index (χ4v) is 13.0. The molecule has 0 heterocycles. The molecule has 5 unspecified atom stereocenters. The second-order valence-electron chi connectivity index (χ2n) is 22.6. The second kappa shape index (κ2) is 25.2. The van der Waals surface area contributed by atoms with Crippen molar-refractivity contribution < 1.29 is 37.9 Å². The number of nitrogens with zero attached hydrogens (tertiary/aromatic N) is 4. The Morgan fingerprint density at radius 1 is 0.253 bits per heavy atom. The van der Waals surface area contributed by atoms with Crippen molar-refractivity contribution in [1.82, 2.24) is 0 Å². The molecule has 0 fully saturated rings. The Morgan fingerprint density at radius 2 is 0.460 bits per heavy atom. The summed E-state index contributed by atoms with van der Waals surface area (Å²) >= 11 is 0. The summed E-state index contributed by atoms with van der Waals surface area (Å²) in [7, 11) is 13.9. The number of anilines is 9. The number of rotatable bonds is 23. The van der Waals surface area contributed by atoms with Crippen molar-refractivity contribution in [3.63, 3.8) is 0 Å². The summed E-state index contributed by atoms with van der Waals surface area (Å²) in [5.41, 5.74) is 17.2. The van der Waals surface area contributed by atoms with E-state index in [-0.39, 0.29) is 36.4 Å². The number of methoxy groups -OCH3 is 8. The highest BCUT2D eigenvalue weighted by Gasteiger charge is 2.53. The molecule has 9 aromatic rings. The van der Waals surface area contributed by atoms with Crippen LogP contribution in [0.15, 0.2) is 194 Å². The van der Waals surface area contributed by atoms with Gasteiger partial charge in [-0.15, -0.1) is 0 Å². The Labute approximate surface area is 513 Å². The zero-order chi connectivity index (χ0) is 61.3. The van der Waals surface area contributed by atoms with Gasteiger partial charge in [-0.2, -0.15) is 0 Å². The van der Waals surface area contributed by atoms with Gasteiger partial charge in [0.1, 0.15) is 28.7 Å². The van der Waals surface area contributed by atoms with Crippen molar-refractivity contribution in [3.8, 4) is 51.0 Å². The average Bonchev–Trinajstić information content (AvgIpc) is 1.53. The van der Waals surface area contributed by atoms with Crippen LogP contribution in [-0.2, 0) is 19.6 Å². The van der Waals surface area contributed by atoms with Crippen LogP contribution in [-0.4, -0.2) is 93.3 Å². The molecule has 448 valence electrons. The second-order valence-corrected chi connectivity index (χ2v) is 22.6. The Bertz CT molecular complexity index is 3560. The predicted molar refractivity (Wildman–Crippen MR) is 354 cm³/mol. The van der Waals surface area contributed by atoms with Crippen molar-refractivity contribution in [3.05, 3.63) is 216 Å². The molecule has 1 spiro atoms. The minimum absolute atomic E-state index is 0.0960. The summed E-state index contributed by atoms with van der Waals surface area (Å²) in [6.07, 6.45) is -0.431. The largest absolute Gasteiger partial charge is 0.497 e. The lowest BCUT2D eigenvalue weighted by Crippen LogP contribution is -2.39. The van der Waals surface area contributed by atoms with E-state index < -0.39 is 5.41 Å². The van der Waals surface area contributed by atoms with E-state index in [1.54, 1.807) is 56.9 Å². The molecule has 0 amide bonds. The molecule has 0 N–H and O–H groups in total. The van der Waals surface area contributed by atoms with E-state index >= 15 is 0 Å². The van der Waals surface area contributed by atoms with Gasteiger partial charge in [-0.3, -0.25) is 0 Å². The first-order valence-corrected chi connectivity index (χ1v) is 29.8. The number of hydrogen-bond acceptors (Lipinski definition) is 12. The molecule has 0 saturated carbocycles. The third-order valence-electron chi connectivity index (χ3n) is 18.4. The molecule has 12 heteroatoms. The van der Waals surface area contributed by atoms with Gasteiger partial charge in [-0.05, 0) is 256 Å². The quantitative estimate of drug-likeness (QED) is 0.0611. The van der Waals surface area contributed by atoms with Crippen molar-refractivity contribution in [2.75, 3.05) is 76.5 Å². The highest BCUT2D eigenvalue weighted by Crippen LogP contribution is 2.65. The topological polar surface area (TPSA) is 86.8 Å². The molecule has 0 saturated heterocycles. The average molecular weight is 1170 g/mol. The monoisotopic (exact) mass is 1160 g/mol. The Hall–Kier alpha value is -8.94. The summed E-state index contributed by atoms with van der Waals surface area (Å²) in [5.74, 6) is 3.89. The third kappa shape index (κ3) is 10.7. The van der Waals surface area contributed by atoms with Gasteiger partial charge in [0.05, 0.1) is 77.4 Å². The fraction of sp³-hybridized carbons (Fsp3) is 0.280. The molecule has 7 atom stereocenters. The van der Waals surface area contributed by atoms with E-state index in [0.29, 0.717) is 0 Å². The Balaban J connectivity index is 1.27. The van der Waals surface area contributed by atoms with Crippen LogP contribution >= 0.6 is 0 Å². The maximum Gasteiger partial charge on any atom is 0.119 e. The lowest BCUT2D eigenvalue weighted by molar-refractivity contribution is 0.100. The van der Waals surface area contributed by atoms with Gasteiger partial charge < -0.3 is 57.5 Å². The van der Waals surface area contributed by atoms with Gasteiger partial charge >= 0.3 is 0 Å². The van der Waals surface area contributed by atoms with E-state index in [9.17, 15) is 0 Å². The van der Waals surface area contributed by atoms with Crippen LogP contribution in [0, 0.1) is 0 Å². The third-order valence-corrected chi connectivity index (χ3v) is 18.4. The molecule has 12 nitrogen and oxygen atoms in total. The van der Waals surface area contributed by atoms with Crippen LogP contribution in [0.3, 0.4) is 0 Å². The van der Waals surface area contributed by atoms with E-state index in [1.165, 1.54) is 0 Å². The van der Waals surface area contributed by atoms with E-state index in [0.717, 1.165) is 124 Å². The first kappa shape index (κ1) is 59.8. The first-order chi connectivity index (χ1) is 42.2. The summed E-state index contributed by atoms with van der Waals surface area (Å²) in [5, 5.41) is 0. The van der Waals surface area contributed by atoms with Crippen LogP contribution in [0.1, 0.15) is 63.8 Å². The number of fused-ring (bicyclic) bond motifs is 10. The molecule has 0 bridgehead atoms. The molecule has 0 aliphatic heterocycles. The highest BCUT2D eigenvalue weighted by molar-refractivity contribution is 5.99. The number of ether oxygens (including phenoxy) is 8. The standard InChI is InChI=1S/C75H80N4O8/c1-47(50(4)80-7)76(53-15-29-62(83-10)30-16-53)58-25-39-67-68-40-26-59(77(48(2)51(5)81-8)54-17-31-63(84-11)32-18-54)44-72(68)75(71(67)43-58)73-45-60(78(49(3)52(6)82-9)55-19-33-64(85-12)34-20-55)27-41-69(73)70-42-28-61(46-74(70)75)79(56-21-35-65(86-13)36-22-56)57-23-37-66(87-14)38-24-57/h15-52H,1-14H3/t47?,48?,49?,50-,51+,52?,75?. The first-order valence-electron chi connectivity index (χ1n) is 29.8. The molecular formula is C75H80N4O8. The predicted octanol–water partition coefficient (Wildman–Crippen LogP) is 17.2. The fourth-order valence-electron chi connectivity index (χ4n) is 13.0. The van der Waals surface area contributed by atoms with E-state index in [1.807, 2.05) is 60.7 Å². The summed E-state index contributed by atoms with van der Waals surface area (Å²) < 4.78 is 47.2. The zero-order valence-electron chi connectivity index (χ0n) is 52.5. The normalized spacial score (nSPS) is 15.6. The molecule has 87 heavy (non-hydrogen) atoms. The highest BCUT2D eigenvalue weighted by atomic mass is 16.5. The molecular weight excluding hydrogens is 1080 g/mol. The Morgan fingerprint density at radius 3 is 0.690 bits per heavy atom. The van der Waals surface area contributed by atoms with Crippen LogP contribution in [0.25, 0.3) is 22.3 Å². The smallest absolute Gasteiger partial charge is 0.119 e. The van der Waals surface area contributed by atoms with Crippen molar-refractivity contribution in [1.29, 1.82) is 0 Å². The SMILES string of the molecule is COc1ccc(N(c2ccc(OC)cc2)c2ccc3c(c2)C2(c4cc(N(c5ccc(OC)cc5)C(C)C(C)OC)ccc4-3)c3cc(N(c4ccc(OC)cc4)C(C)[C@H](C)OC)ccc3-c3ccc(N(c4ccc(OC)cc4)C(C)[C@@H](C)OC)cc32)cc1. The van der Waals surface area contributed by atoms with Crippen LogP contribution in [0.5, 0.6) is 28.7 Å². The lowest BCUT2D eigenvalue weighted by Gasteiger charge is -2.38. The van der Waals surface area contributed by atoms with Gasteiger partial charge in [0.15, 0.2) is 0 Å². The number of hydrogen-bond donors (Lipinski definition) is 0. The molecule has 2 aliphatic rings. The minimum atomic E-state index is -0.941. The zero-order valence-corrected chi connectivity index (χ0v) is 52.5. The van der Waals surface area contributed by atoms with E-state index in [2.05, 4.69) is 195 Å². The molecule has 2 aliphatic carbocycles. The number of benzene rings is 9. The van der Waals surface area contributed by atoms with Gasteiger partial charge in [0, 0.05) is 72.5 Å². The van der Waals surface area contributed by atoms with Crippen molar-refractivity contribution in [2.24, 2.45) is 0 Å². The van der Waals surface area contributed by atoms with Crippen LogP contribution < -0.4 is 43.3 Å². The van der Waals surface area contributed by atoms with Gasteiger partial charge in [0.25, 0.3) is 0 Å². The minimum Gasteiger partial charge on any atom is -0.497 e. The maximum atomic E-state index is 6.18. The maximum absolute atomic E-state index is 6.18. The van der Waals surface area contributed by atoms with Crippen LogP contribution in [0.2, 0.25) is 0 Å². The lowest BCUT2D eigenvalue weighted by atomic mass is 9.70. The molecule has 9 aromatic carbocycles. The molecule has 0 aromatic heterocycles. The molecule has 11 rings (SSSR count). The van der Waals surface area contributed by atoms with E-state index in [4.69, 9.17) is 37.9 Å².